The number of carbonyl (C=O) groups is 1. The van der Waals surface area contributed by atoms with Crippen molar-refractivity contribution >= 4 is 5.97 Å². The van der Waals surface area contributed by atoms with Gasteiger partial charge in [-0.15, -0.1) is 13.2 Å². The summed E-state index contributed by atoms with van der Waals surface area (Å²) in [5.41, 5.74) is 0.337. The van der Waals surface area contributed by atoms with Crippen molar-refractivity contribution in [1.82, 2.24) is 0 Å². The Morgan fingerprint density at radius 2 is 1.81 bits per heavy atom. The minimum Gasteiger partial charge on any atom is -0.481 e. The first-order valence-electron chi connectivity index (χ1n) is 6.96. The van der Waals surface area contributed by atoms with E-state index in [1.165, 1.54) is 18.2 Å². The minimum atomic E-state index is -4.78. The van der Waals surface area contributed by atoms with E-state index in [1.54, 1.807) is 6.07 Å². The Morgan fingerprint density at radius 1 is 1.14 bits per heavy atom. The number of hydrogen-bond acceptors (Lipinski definition) is 2. The molecule has 2 rings (SSSR count). The fourth-order valence-corrected chi connectivity index (χ4v) is 2.98. The van der Waals surface area contributed by atoms with Gasteiger partial charge in [-0.2, -0.15) is 0 Å². The fraction of sp³-hybridized carbons (Fsp3) is 0.533. The maximum Gasteiger partial charge on any atom is 0.573 e. The van der Waals surface area contributed by atoms with Crippen LogP contribution in [0.1, 0.15) is 43.6 Å². The molecule has 0 amide bonds. The van der Waals surface area contributed by atoms with E-state index in [1.807, 2.05) is 0 Å². The van der Waals surface area contributed by atoms with Crippen LogP contribution in [0.2, 0.25) is 0 Å². The average Bonchev–Trinajstić information content (AvgIpc) is 2.63. The summed E-state index contributed by atoms with van der Waals surface area (Å²) >= 11 is 0. The van der Waals surface area contributed by atoms with Gasteiger partial charge < -0.3 is 9.84 Å². The number of aliphatic carboxylic acids is 1. The first-order chi connectivity index (χ1) is 9.88. The highest BCUT2D eigenvalue weighted by atomic mass is 19.4. The number of carboxylic acid groups (broad SMARTS) is 1. The van der Waals surface area contributed by atoms with E-state index >= 15 is 0 Å². The lowest BCUT2D eigenvalue weighted by molar-refractivity contribution is -0.275. The molecule has 1 saturated carbocycles. The number of rotatable bonds is 3. The molecular formula is C15H17F3O3. The van der Waals surface area contributed by atoms with Crippen LogP contribution in [-0.2, 0) is 4.79 Å². The Kier molecular flexibility index (Phi) is 4.75. The smallest absolute Gasteiger partial charge is 0.481 e. The second-order valence-electron chi connectivity index (χ2n) is 5.27. The maximum absolute atomic E-state index is 12.5. The van der Waals surface area contributed by atoms with Gasteiger partial charge in [0.1, 0.15) is 5.75 Å². The lowest BCUT2D eigenvalue weighted by Crippen LogP contribution is -2.23. The number of alkyl halides is 3. The number of benzene rings is 1. The summed E-state index contributed by atoms with van der Waals surface area (Å²) in [4.78, 5) is 11.4. The molecule has 3 nitrogen and oxygen atoms in total. The van der Waals surface area contributed by atoms with Gasteiger partial charge in [0.25, 0.3) is 0 Å². The normalized spacial score (nSPS) is 23.4. The molecular weight excluding hydrogens is 285 g/mol. The molecule has 2 unspecified atom stereocenters. The number of halogens is 3. The van der Waals surface area contributed by atoms with Crippen LogP contribution >= 0.6 is 0 Å². The molecule has 0 spiro atoms. The molecule has 1 aliphatic rings. The Morgan fingerprint density at radius 3 is 2.48 bits per heavy atom. The zero-order valence-electron chi connectivity index (χ0n) is 11.4. The van der Waals surface area contributed by atoms with Crippen molar-refractivity contribution in [2.45, 2.75) is 44.4 Å². The minimum absolute atomic E-state index is 0.289. The SMILES string of the molecule is O=C(O)C1CCCCCC1c1ccccc1OC(F)(F)F. The van der Waals surface area contributed by atoms with Crippen molar-refractivity contribution in [3.63, 3.8) is 0 Å². The van der Waals surface area contributed by atoms with Crippen LogP contribution in [0.5, 0.6) is 5.75 Å². The molecule has 1 aromatic carbocycles. The molecule has 1 fully saturated rings. The number of carboxylic acids is 1. The second-order valence-corrected chi connectivity index (χ2v) is 5.27. The third-order valence-corrected chi connectivity index (χ3v) is 3.88. The third kappa shape index (κ3) is 4.12. The monoisotopic (exact) mass is 302 g/mol. The first-order valence-corrected chi connectivity index (χ1v) is 6.96. The van der Waals surface area contributed by atoms with Crippen LogP contribution in [0.3, 0.4) is 0 Å². The van der Waals surface area contributed by atoms with Crippen LogP contribution in [0.25, 0.3) is 0 Å². The van der Waals surface area contributed by atoms with Crippen LogP contribution in [0.15, 0.2) is 24.3 Å². The standard InChI is InChI=1S/C15H17F3O3/c16-15(17,18)21-13-9-5-4-7-11(13)10-6-2-1-3-8-12(10)14(19)20/h4-5,7,9-10,12H,1-3,6,8H2,(H,19,20). The van der Waals surface area contributed by atoms with E-state index < -0.39 is 24.2 Å². The van der Waals surface area contributed by atoms with E-state index in [9.17, 15) is 23.1 Å². The molecule has 0 saturated heterocycles. The highest BCUT2D eigenvalue weighted by Crippen LogP contribution is 2.41. The van der Waals surface area contributed by atoms with E-state index in [2.05, 4.69) is 4.74 Å². The highest BCUT2D eigenvalue weighted by molar-refractivity contribution is 5.71. The van der Waals surface area contributed by atoms with E-state index in [4.69, 9.17) is 0 Å². The number of hydrogen-bond donors (Lipinski definition) is 1. The average molecular weight is 302 g/mol. The van der Waals surface area contributed by atoms with E-state index in [-0.39, 0.29) is 5.75 Å². The molecule has 1 aromatic rings. The summed E-state index contributed by atoms with van der Waals surface area (Å²) in [6.45, 7) is 0. The Balaban J connectivity index is 2.35. The summed E-state index contributed by atoms with van der Waals surface area (Å²) < 4.78 is 41.5. The zero-order chi connectivity index (χ0) is 15.5. The number of para-hydroxylation sites is 1. The Bertz CT molecular complexity index is 499. The van der Waals surface area contributed by atoms with Gasteiger partial charge in [-0.25, -0.2) is 0 Å². The first kappa shape index (κ1) is 15.7. The predicted octanol–water partition coefficient (Wildman–Crippen LogP) is 4.33. The largest absolute Gasteiger partial charge is 0.573 e. The summed E-state index contributed by atoms with van der Waals surface area (Å²) in [6, 6.07) is 5.85. The lowest BCUT2D eigenvalue weighted by Gasteiger charge is -2.24. The molecule has 0 heterocycles. The molecule has 0 bridgehead atoms. The predicted molar refractivity (Wildman–Crippen MR) is 70.1 cm³/mol. The van der Waals surface area contributed by atoms with Gasteiger partial charge in [0.05, 0.1) is 5.92 Å². The summed E-state index contributed by atoms with van der Waals surface area (Å²) in [7, 11) is 0. The van der Waals surface area contributed by atoms with Gasteiger partial charge >= 0.3 is 12.3 Å². The third-order valence-electron chi connectivity index (χ3n) is 3.88. The van der Waals surface area contributed by atoms with Gasteiger partial charge in [-0.3, -0.25) is 4.79 Å². The van der Waals surface area contributed by atoms with Crippen molar-refractivity contribution in [3.8, 4) is 5.75 Å². The van der Waals surface area contributed by atoms with Crippen molar-refractivity contribution in [2.75, 3.05) is 0 Å². The second kappa shape index (κ2) is 6.37. The van der Waals surface area contributed by atoms with Gasteiger partial charge in [-0.05, 0) is 24.5 Å². The summed E-state index contributed by atoms with van der Waals surface area (Å²) in [5, 5.41) is 9.36. The van der Waals surface area contributed by atoms with Crippen molar-refractivity contribution in [2.24, 2.45) is 5.92 Å². The molecule has 0 radical (unpaired) electrons. The topological polar surface area (TPSA) is 46.5 Å². The maximum atomic E-state index is 12.5. The van der Waals surface area contributed by atoms with Crippen LogP contribution in [0, 0.1) is 5.92 Å². The highest BCUT2D eigenvalue weighted by Gasteiger charge is 2.36. The fourth-order valence-electron chi connectivity index (χ4n) is 2.98. The van der Waals surface area contributed by atoms with Gasteiger partial charge in [0, 0.05) is 5.92 Å². The molecule has 21 heavy (non-hydrogen) atoms. The molecule has 116 valence electrons. The van der Waals surface area contributed by atoms with Crippen molar-refractivity contribution < 1.29 is 27.8 Å². The van der Waals surface area contributed by atoms with Crippen LogP contribution in [0.4, 0.5) is 13.2 Å². The quantitative estimate of drug-likeness (QED) is 0.845. The molecule has 6 heteroatoms. The molecule has 0 aliphatic heterocycles. The van der Waals surface area contributed by atoms with Crippen LogP contribution < -0.4 is 4.74 Å². The molecule has 1 N–H and O–H groups in total. The molecule has 2 atom stereocenters. The molecule has 0 aromatic heterocycles. The van der Waals surface area contributed by atoms with Crippen LogP contribution in [-0.4, -0.2) is 17.4 Å². The number of ether oxygens (including phenoxy) is 1. The van der Waals surface area contributed by atoms with Gasteiger partial charge in [0.15, 0.2) is 0 Å². The Hall–Kier alpha value is -1.72. The van der Waals surface area contributed by atoms with E-state index in [0.29, 0.717) is 18.4 Å². The summed E-state index contributed by atoms with van der Waals surface area (Å²) in [5.74, 6) is -2.35. The van der Waals surface area contributed by atoms with Crippen molar-refractivity contribution in [1.29, 1.82) is 0 Å². The summed E-state index contributed by atoms with van der Waals surface area (Å²) in [6.07, 6.45) is -1.22. The Labute approximate surface area is 120 Å². The van der Waals surface area contributed by atoms with E-state index in [0.717, 1.165) is 19.3 Å². The van der Waals surface area contributed by atoms with Gasteiger partial charge in [-0.1, -0.05) is 37.5 Å². The van der Waals surface area contributed by atoms with Gasteiger partial charge in [0.2, 0.25) is 0 Å². The molecule has 1 aliphatic carbocycles. The lowest BCUT2D eigenvalue weighted by atomic mass is 9.82. The zero-order valence-corrected chi connectivity index (χ0v) is 11.4. The van der Waals surface area contributed by atoms with Crippen molar-refractivity contribution in [3.05, 3.63) is 29.8 Å².